The van der Waals surface area contributed by atoms with Crippen LogP contribution in [0.5, 0.6) is 0 Å². The van der Waals surface area contributed by atoms with Gasteiger partial charge in [-0.05, 0) is 36.2 Å². The monoisotopic (exact) mass is 366 g/mol. The van der Waals surface area contributed by atoms with Crippen LogP contribution in [0.1, 0.15) is 23.5 Å². The zero-order chi connectivity index (χ0) is 18.8. The highest BCUT2D eigenvalue weighted by molar-refractivity contribution is 5.84. The molecule has 2 N–H and O–H groups in total. The Morgan fingerprint density at radius 3 is 2.67 bits per heavy atom. The Morgan fingerprint density at radius 2 is 1.89 bits per heavy atom. The van der Waals surface area contributed by atoms with Crippen LogP contribution in [-0.2, 0) is 6.54 Å². The summed E-state index contributed by atoms with van der Waals surface area (Å²) < 4.78 is 27.9. The third-order valence-electron chi connectivity index (χ3n) is 4.89. The lowest BCUT2D eigenvalue weighted by Gasteiger charge is -2.13. The van der Waals surface area contributed by atoms with Crippen LogP contribution in [0.4, 0.5) is 8.78 Å². The summed E-state index contributed by atoms with van der Waals surface area (Å²) in [6, 6.07) is 13.9. The molecule has 1 aromatic heterocycles. The zero-order valence-electron chi connectivity index (χ0n) is 14.9. The van der Waals surface area contributed by atoms with Crippen LogP contribution in [0, 0.1) is 11.6 Å². The predicted molar refractivity (Wildman–Crippen MR) is 103 cm³/mol. The molecule has 2 unspecified atom stereocenters. The van der Waals surface area contributed by atoms with Gasteiger partial charge in [0.25, 0.3) is 0 Å². The van der Waals surface area contributed by atoms with Crippen LogP contribution >= 0.6 is 0 Å². The largest absolute Gasteiger partial charge is 0.353 e. The minimum absolute atomic E-state index is 0.0308. The lowest BCUT2D eigenvalue weighted by atomic mass is 10.1. The van der Waals surface area contributed by atoms with E-state index in [1.807, 2.05) is 30.3 Å². The molecule has 2 atom stereocenters. The average molecular weight is 366 g/mol. The highest BCUT2D eigenvalue weighted by Gasteiger charge is 2.42. The van der Waals surface area contributed by atoms with Gasteiger partial charge in [0, 0.05) is 42.7 Å². The van der Waals surface area contributed by atoms with Crippen LogP contribution in [0.3, 0.4) is 0 Å². The standard InChI is InChI=1S/C21H20F2N4/c1-24-21(26-12-13-9-10-25-18-8-3-2-5-14(13)18)27-19-11-15(19)20-16(22)6-4-7-17(20)23/h2-10,15,19H,11-12H2,1H3,(H2,24,26,27). The van der Waals surface area contributed by atoms with Gasteiger partial charge in [-0.1, -0.05) is 24.3 Å². The molecule has 0 saturated heterocycles. The first kappa shape index (κ1) is 17.4. The van der Waals surface area contributed by atoms with E-state index in [1.54, 1.807) is 13.2 Å². The van der Waals surface area contributed by atoms with E-state index in [0.29, 0.717) is 18.9 Å². The minimum Gasteiger partial charge on any atom is -0.353 e. The molecule has 1 aliphatic carbocycles. The second-order valence-electron chi connectivity index (χ2n) is 6.64. The average Bonchev–Trinajstić information content (AvgIpc) is 3.43. The minimum atomic E-state index is -0.490. The Bertz CT molecular complexity index is 977. The second kappa shape index (κ2) is 7.31. The molecule has 27 heavy (non-hydrogen) atoms. The normalized spacial score (nSPS) is 19.1. The number of nitrogens with one attached hydrogen (secondary N) is 2. The number of fused-ring (bicyclic) bond motifs is 1. The van der Waals surface area contributed by atoms with Crippen molar-refractivity contribution in [1.29, 1.82) is 0 Å². The second-order valence-corrected chi connectivity index (χ2v) is 6.64. The molecule has 0 aliphatic heterocycles. The molecule has 4 nitrogen and oxygen atoms in total. The first-order valence-corrected chi connectivity index (χ1v) is 8.91. The number of benzene rings is 2. The quantitative estimate of drug-likeness (QED) is 0.546. The summed E-state index contributed by atoms with van der Waals surface area (Å²) in [6.45, 7) is 0.578. The van der Waals surface area contributed by atoms with Crippen molar-refractivity contribution in [1.82, 2.24) is 15.6 Å². The van der Waals surface area contributed by atoms with Crippen molar-refractivity contribution in [3.63, 3.8) is 0 Å². The van der Waals surface area contributed by atoms with Gasteiger partial charge in [0.2, 0.25) is 0 Å². The molecule has 0 amide bonds. The van der Waals surface area contributed by atoms with E-state index in [2.05, 4.69) is 20.6 Å². The highest BCUT2D eigenvalue weighted by Crippen LogP contribution is 2.43. The summed E-state index contributed by atoms with van der Waals surface area (Å²) in [5.41, 5.74) is 2.21. The van der Waals surface area contributed by atoms with Gasteiger partial charge in [-0.15, -0.1) is 0 Å². The molecule has 0 spiro atoms. The van der Waals surface area contributed by atoms with Crippen molar-refractivity contribution in [2.24, 2.45) is 4.99 Å². The smallest absolute Gasteiger partial charge is 0.191 e. The number of hydrogen-bond donors (Lipinski definition) is 2. The molecule has 138 valence electrons. The number of para-hydroxylation sites is 1. The fourth-order valence-electron chi connectivity index (χ4n) is 3.40. The van der Waals surface area contributed by atoms with Crippen molar-refractivity contribution in [3.8, 4) is 0 Å². The summed E-state index contributed by atoms with van der Waals surface area (Å²) in [7, 11) is 1.68. The van der Waals surface area contributed by atoms with E-state index in [0.717, 1.165) is 16.5 Å². The summed E-state index contributed by atoms with van der Waals surface area (Å²) in [5.74, 6) is -0.544. The van der Waals surface area contributed by atoms with Crippen molar-refractivity contribution in [2.75, 3.05) is 7.05 Å². The molecule has 6 heteroatoms. The topological polar surface area (TPSA) is 49.3 Å². The van der Waals surface area contributed by atoms with Crippen LogP contribution < -0.4 is 10.6 Å². The molecule has 1 fully saturated rings. The van der Waals surface area contributed by atoms with Gasteiger partial charge in [-0.25, -0.2) is 8.78 Å². The van der Waals surface area contributed by atoms with E-state index in [-0.39, 0.29) is 17.5 Å². The summed E-state index contributed by atoms with van der Waals surface area (Å²) in [5, 5.41) is 7.61. The van der Waals surface area contributed by atoms with Crippen LogP contribution in [-0.4, -0.2) is 24.0 Å². The van der Waals surface area contributed by atoms with Gasteiger partial charge in [-0.3, -0.25) is 9.98 Å². The molecular weight excluding hydrogens is 346 g/mol. The van der Waals surface area contributed by atoms with Crippen molar-refractivity contribution >= 4 is 16.9 Å². The van der Waals surface area contributed by atoms with Gasteiger partial charge in [0.1, 0.15) is 11.6 Å². The van der Waals surface area contributed by atoms with Gasteiger partial charge < -0.3 is 10.6 Å². The van der Waals surface area contributed by atoms with Crippen molar-refractivity contribution < 1.29 is 8.78 Å². The molecule has 1 heterocycles. The fourth-order valence-corrected chi connectivity index (χ4v) is 3.40. The molecular formula is C21H20F2N4. The molecule has 1 aliphatic rings. The number of halogens is 2. The van der Waals surface area contributed by atoms with E-state index in [1.165, 1.54) is 18.2 Å². The lowest BCUT2D eigenvalue weighted by Crippen LogP contribution is -2.38. The van der Waals surface area contributed by atoms with E-state index in [4.69, 9.17) is 0 Å². The van der Waals surface area contributed by atoms with E-state index >= 15 is 0 Å². The Morgan fingerprint density at radius 1 is 1.11 bits per heavy atom. The highest BCUT2D eigenvalue weighted by atomic mass is 19.1. The molecule has 3 aromatic rings. The van der Waals surface area contributed by atoms with Crippen LogP contribution in [0.2, 0.25) is 0 Å². The third-order valence-corrected chi connectivity index (χ3v) is 4.89. The lowest BCUT2D eigenvalue weighted by molar-refractivity contribution is 0.553. The number of nitrogens with zero attached hydrogens (tertiary/aromatic N) is 2. The SMILES string of the molecule is CN=C(NCc1ccnc2ccccc12)NC1CC1c1c(F)cccc1F. The fraction of sp³-hybridized carbons (Fsp3) is 0.238. The summed E-state index contributed by atoms with van der Waals surface area (Å²) in [6.07, 6.45) is 2.46. The number of hydrogen-bond acceptors (Lipinski definition) is 2. The van der Waals surface area contributed by atoms with Crippen molar-refractivity contribution in [2.45, 2.75) is 24.9 Å². The predicted octanol–water partition coefficient (Wildman–Crippen LogP) is 3.73. The Hall–Kier alpha value is -3.02. The maximum absolute atomic E-state index is 13.9. The zero-order valence-corrected chi connectivity index (χ0v) is 14.9. The van der Waals surface area contributed by atoms with E-state index in [9.17, 15) is 8.78 Å². The van der Waals surface area contributed by atoms with Crippen LogP contribution in [0.15, 0.2) is 59.7 Å². The first-order valence-electron chi connectivity index (χ1n) is 8.91. The number of rotatable bonds is 4. The maximum atomic E-state index is 13.9. The molecule has 2 aromatic carbocycles. The first-order chi connectivity index (χ1) is 13.2. The maximum Gasteiger partial charge on any atom is 0.191 e. The van der Waals surface area contributed by atoms with Gasteiger partial charge in [-0.2, -0.15) is 0 Å². The molecule has 0 bridgehead atoms. The Kier molecular flexibility index (Phi) is 4.71. The number of pyridine rings is 1. The summed E-state index contributed by atoms with van der Waals surface area (Å²) in [4.78, 5) is 8.59. The van der Waals surface area contributed by atoms with Crippen LogP contribution in [0.25, 0.3) is 10.9 Å². The molecule has 4 rings (SSSR count). The van der Waals surface area contributed by atoms with Gasteiger partial charge in [0.15, 0.2) is 5.96 Å². The molecule has 0 radical (unpaired) electrons. The van der Waals surface area contributed by atoms with E-state index < -0.39 is 11.6 Å². The van der Waals surface area contributed by atoms with Gasteiger partial charge in [0.05, 0.1) is 5.52 Å². The third kappa shape index (κ3) is 3.60. The number of aliphatic imine (C=N–C) groups is 1. The Labute approximate surface area is 156 Å². The van der Waals surface area contributed by atoms with Crippen molar-refractivity contribution in [3.05, 3.63) is 77.5 Å². The Balaban J connectivity index is 1.41. The number of guanidine groups is 1. The van der Waals surface area contributed by atoms with Gasteiger partial charge >= 0.3 is 0 Å². The number of aromatic nitrogens is 1. The molecule has 1 saturated carbocycles. The summed E-state index contributed by atoms with van der Waals surface area (Å²) >= 11 is 0.